The molecule has 0 radical (unpaired) electrons. The molecule has 0 aliphatic heterocycles. The van der Waals surface area contributed by atoms with Gasteiger partial charge in [0.25, 0.3) is 0 Å². The van der Waals surface area contributed by atoms with Crippen molar-refractivity contribution in [3.8, 4) is 19.5 Å². The van der Waals surface area contributed by atoms with Crippen molar-refractivity contribution in [2.75, 3.05) is 0 Å². The van der Waals surface area contributed by atoms with Gasteiger partial charge in [-0.2, -0.15) is 0 Å². The number of aryl methyl sites for hydroxylation is 1. The third-order valence-electron chi connectivity index (χ3n) is 6.49. The SMILES string of the molecule is CCCCCCCCc1csc(-c2ccc(-c3cc(C(C)CCCCCCC)cs3)s2)c1. The van der Waals surface area contributed by atoms with Gasteiger partial charge in [0, 0.05) is 19.5 Å². The second-order valence-electron chi connectivity index (χ2n) is 9.35. The second kappa shape index (κ2) is 14.4. The quantitative estimate of drug-likeness (QED) is 0.177. The van der Waals surface area contributed by atoms with Crippen molar-refractivity contribution < 1.29 is 0 Å². The zero-order valence-electron chi connectivity index (χ0n) is 20.5. The van der Waals surface area contributed by atoms with Gasteiger partial charge < -0.3 is 0 Å². The van der Waals surface area contributed by atoms with E-state index in [1.807, 2.05) is 34.0 Å². The van der Waals surface area contributed by atoms with E-state index >= 15 is 0 Å². The summed E-state index contributed by atoms with van der Waals surface area (Å²) in [4.78, 5) is 5.74. The largest absolute Gasteiger partial charge is 0.143 e. The van der Waals surface area contributed by atoms with Gasteiger partial charge in [-0.3, -0.25) is 0 Å². The van der Waals surface area contributed by atoms with Crippen LogP contribution in [0, 0.1) is 0 Å². The van der Waals surface area contributed by atoms with Crippen molar-refractivity contribution in [3.63, 3.8) is 0 Å². The lowest BCUT2D eigenvalue weighted by Gasteiger charge is -2.09. The van der Waals surface area contributed by atoms with Crippen molar-refractivity contribution in [3.05, 3.63) is 46.2 Å². The summed E-state index contributed by atoms with van der Waals surface area (Å²) in [6.45, 7) is 6.99. The maximum atomic E-state index is 2.45. The lowest BCUT2D eigenvalue weighted by Crippen LogP contribution is -1.91. The Morgan fingerprint density at radius 1 is 0.656 bits per heavy atom. The van der Waals surface area contributed by atoms with E-state index in [-0.39, 0.29) is 0 Å². The fraction of sp³-hybridized carbons (Fsp3) is 0.586. The third-order valence-corrected chi connectivity index (χ3v) is 9.90. The summed E-state index contributed by atoms with van der Waals surface area (Å²) in [5.74, 6) is 0.683. The van der Waals surface area contributed by atoms with Crippen molar-refractivity contribution in [2.24, 2.45) is 0 Å². The summed E-state index contributed by atoms with van der Waals surface area (Å²) in [5.41, 5.74) is 3.06. The number of hydrogen-bond acceptors (Lipinski definition) is 3. The summed E-state index contributed by atoms with van der Waals surface area (Å²) < 4.78 is 0. The highest BCUT2D eigenvalue weighted by atomic mass is 32.1. The molecule has 0 spiro atoms. The minimum absolute atomic E-state index is 0.683. The molecule has 0 bridgehead atoms. The van der Waals surface area contributed by atoms with E-state index in [4.69, 9.17) is 0 Å². The van der Waals surface area contributed by atoms with Crippen molar-refractivity contribution in [1.29, 1.82) is 0 Å². The number of hydrogen-bond donors (Lipinski definition) is 0. The molecular formula is C29H42S3. The van der Waals surface area contributed by atoms with Crippen LogP contribution in [-0.2, 0) is 6.42 Å². The lowest BCUT2D eigenvalue weighted by molar-refractivity contribution is 0.567. The predicted molar refractivity (Wildman–Crippen MR) is 150 cm³/mol. The minimum Gasteiger partial charge on any atom is -0.143 e. The molecule has 0 amide bonds. The standard InChI is InChI=1S/C29H42S3/c1-4-6-8-10-12-14-16-24-19-28(30-21-24)26-17-18-27(32-26)29-20-25(22-31-29)23(3)15-13-11-9-7-5-2/h17-23H,4-16H2,1-3H3. The van der Waals surface area contributed by atoms with E-state index in [1.165, 1.54) is 114 Å². The van der Waals surface area contributed by atoms with Crippen LogP contribution in [0.3, 0.4) is 0 Å². The van der Waals surface area contributed by atoms with Gasteiger partial charge in [0.15, 0.2) is 0 Å². The lowest BCUT2D eigenvalue weighted by atomic mass is 9.96. The Morgan fingerprint density at radius 3 is 1.97 bits per heavy atom. The Kier molecular flexibility index (Phi) is 11.6. The predicted octanol–water partition coefficient (Wildman–Crippen LogP) is 11.6. The Balaban J connectivity index is 1.49. The van der Waals surface area contributed by atoms with Gasteiger partial charge in [-0.25, -0.2) is 0 Å². The van der Waals surface area contributed by atoms with Crippen LogP contribution in [0.5, 0.6) is 0 Å². The Bertz CT molecular complexity index is 882. The first-order valence-electron chi connectivity index (χ1n) is 13.0. The van der Waals surface area contributed by atoms with Gasteiger partial charge >= 0.3 is 0 Å². The average molecular weight is 487 g/mol. The van der Waals surface area contributed by atoms with E-state index in [2.05, 4.69) is 55.8 Å². The molecule has 1 unspecified atom stereocenters. The van der Waals surface area contributed by atoms with Crippen LogP contribution in [0.2, 0.25) is 0 Å². The number of thiophene rings is 3. The first-order valence-corrected chi connectivity index (χ1v) is 15.5. The monoisotopic (exact) mass is 486 g/mol. The van der Waals surface area contributed by atoms with Crippen LogP contribution in [0.4, 0.5) is 0 Å². The van der Waals surface area contributed by atoms with Gasteiger partial charge in [0.2, 0.25) is 0 Å². The minimum atomic E-state index is 0.683. The summed E-state index contributed by atoms with van der Waals surface area (Å²) >= 11 is 5.81. The van der Waals surface area contributed by atoms with E-state index in [9.17, 15) is 0 Å². The molecular weight excluding hydrogens is 445 g/mol. The summed E-state index contributed by atoms with van der Waals surface area (Å²) in [7, 11) is 0. The normalized spacial score (nSPS) is 12.5. The maximum Gasteiger partial charge on any atom is 0.0449 e. The Labute approximate surface area is 209 Å². The molecule has 0 saturated heterocycles. The van der Waals surface area contributed by atoms with E-state index in [0.717, 1.165) is 0 Å². The van der Waals surface area contributed by atoms with Crippen LogP contribution in [-0.4, -0.2) is 0 Å². The second-order valence-corrected chi connectivity index (χ2v) is 12.3. The molecule has 0 aromatic carbocycles. The highest BCUT2D eigenvalue weighted by Gasteiger charge is 2.12. The topological polar surface area (TPSA) is 0 Å². The van der Waals surface area contributed by atoms with Gasteiger partial charge in [-0.15, -0.1) is 34.0 Å². The van der Waals surface area contributed by atoms with Crippen molar-refractivity contribution >= 4 is 34.0 Å². The molecule has 0 N–H and O–H groups in total. The highest BCUT2D eigenvalue weighted by molar-refractivity contribution is 7.25. The molecule has 176 valence electrons. The summed E-state index contributed by atoms with van der Waals surface area (Å²) in [6.07, 6.45) is 17.7. The van der Waals surface area contributed by atoms with E-state index in [1.54, 1.807) is 0 Å². The molecule has 1 atom stereocenters. The van der Waals surface area contributed by atoms with E-state index in [0.29, 0.717) is 5.92 Å². The van der Waals surface area contributed by atoms with Crippen LogP contribution < -0.4 is 0 Å². The summed E-state index contributed by atoms with van der Waals surface area (Å²) in [6, 6.07) is 9.55. The maximum absolute atomic E-state index is 2.45. The van der Waals surface area contributed by atoms with Gasteiger partial charge in [0.05, 0.1) is 0 Å². The smallest absolute Gasteiger partial charge is 0.0449 e. The Morgan fingerprint density at radius 2 is 1.25 bits per heavy atom. The first-order chi connectivity index (χ1) is 15.7. The third kappa shape index (κ3) is 8.15. The molecule has 3 aromatic rings. The van der Waals surface area contributed by atoms with Crippen LogP contribution in [0.1, 0.15) is 115 Å². The molecule has 32 heavy (non-hydrogen) atoms. The molecule has 0 nitrogen and oxygen atoms in total. The molecule has 0 aliphatic carbocycles. The van der Waals surface area contributed by atoms with Gasteiger partial charge in [0.1, 0.15) is 0 Å². The summed E-state index contributed by atoms with van der Waals surface area (Å²) in [5, 5.41) is 4.78. The molecule has 3 aromatic heterocycles. The number of unbranched alkanes of at least 4 members (excludes halogenated alkanes) is 9. The highest BCUT2D eigenvalue weighted by Crippen LogP contribution is 2.41. The van der Waals surface area contributed by atoms with Crippen LogP contribution in [0.15, 0.2) is 35.0 Å². The average Bonchev–Trinajstić information content (AvgIpc) is 3.55. The zero-order valence-corrected chi connectivity index (χ0v) is 22.9. The van der Waals surface area contributed by atoms with Crippen LogP contribution >= 0.6 is 34.0 Å². The van der Waals surface area contributed by atoms with E-state index < -0.39 is 0 Å². The molecule has 0 saturated carbocycles. The van der Waals surface area contributed by atoms with Crippen molar-refractivity contribution in [2.45, 2.75) is 110 Å². The molecule has 0 aliphatic rings. The fourth-order valence-corrected chi connectivity index (χ4v) is 7.49. The zero-order chi connectivity index (χ0) is 22.6. The van der Waals surface area contributed by atoms with Gasteiger partial charge in [-0.1, -0.05) is 85.0 Å². The molecule has 3 heteroatoms. The fourth-order valence-electron chi connectivity index (χ4n) is 4.31. The Hall–Kier alpha value is -0.900. The van der Waals surface area contributed by atoms with Crippen molar-refractivity contribution in [1.82, 2.24) is 0 Å². The first kappa shape index (κ1) is 25.7. The van der Waals surface area contributed by atoms with Gasteiger partial charge in [-0.05, 0) is 71.3 Å². The van der Waals surface area contributed by atoms with Crippen LogP contribution in [0.25, 0.3) is 19.5 Å². The number of rotatable bonds is 16. The molecule has 0 fully saturated rings. The molecule has 3 heterocycles. The molecule has 3 rings (SSSR count).